The molecule has 0 aliphatic heterocycles. The lowest BCUT2D eigenvalue weighted by molar-refractivity contribution is 0.559. The van der Waals surface area contributed by atoms with E-state index in [-0.39, 0.29) is 16.2 Å². The molecular formula is C29H31ClO. The van der Waals surface area contributed by atoms with E-state index in [0.29, 0.717) is 0 Å². The lowest BCUT2D eigenvalue weighted by Crippen LogP contribution is -2.16. The second-order valence-electron chi connectivity index (χ2n) is 11.7. The molecule has 5 rings (SSSR count). The predicted molar refractivity (Wildman–Crippen MR) is 134 cm³/mol. The highest BCUT2D eigenvalue weighted by Gasteiger charge is 2.38. The lowest BCUT2D eigenvalue weighted by atomic mass is 9.79. The predicted octanol–water partition coefficient (Wildman–Crippen LogP) is 9.14. The van der Waals surface area contributed by atoms with E-state index in [1.54, 1.807) is 0 Å². The van der Waals surface area contributed by atoms with Crippen molar-refractivity contribution in [3.05, 3.63) is 69.7 Å². The van der Waals surface area contributed by atoms with Gasteiger partial charge in [0.2, 0.25) is 0 Å². The van der Waals surface area contributed by atoms with Crippen molar-refractivity contribution >= 4 is 33.5 Å². The fourth-order valence-corrected chi connectivity index (χ4v) is 5.29. The van der Waals surface area contributed by atoms with Gasteiger partial charge in [0, 0.05) is 32.3 Å². The number of halogens is 1. The van der Waals surface area contributed by atoms with Crippen LogP contribution in [0.25, 0.3) is 33.1 Å². The number of hydrogen-bond donors (Lipinski definition) is 0. The summed E-state index contributed by atoms with van der Waals surface area (Å²) < 4.78 is 6.77. The highest BCUT2D eigenvalue weighted by atomic mass is 35.5. The summed E-state index contributed by atoms with van der Waals surface area (Å²) in [4.78, 5) is 0. The van der Waals surface area contributed by atoms with Gasteiger partial charge in [-0.05, 0) is 51.3 Å². The molecule has 0 saturated heterocycles. The van der Waals surface area contributed by atoms with Crippen LogP contribution in [0.3, 0.4) is 0 Å². The number of fused-ring (bicyclic) bond motifs is 7. The first-order valence-electron chi connectivity index (χ1n) is 11.2. The molecule has 1 aromatic heterocycles. The van der Waals surface area contributed by atoms with Gasteiger partial charge in [-0.3, -0.25) is 0 Å². The molecule has 0 spiro atoms. The molecular weight excluding hydrogens is 400 g/mol. The zero-order valence-corrected chi connectivity index (χ0v) is 20.6. The molecule has 1 aliphatic rings. The Morgan fingerprint density at radius 1 is 0.742 bits per heavy atom. The van der Waals surface area contributed by atoms with E-state index in [4.69, 9.17) is 16.0 Å². The third-order valence-corrected chi connectivity index (χ3v) is 7.25. The molecule has 0 N–H and O–H groups in total. The molecule has 0 bridgehead atoms. The van der Waals surface area contributed by atoms with Crippen LogP contribution < -0.4 is 0 Å². The summed E-state index contributed by atoms with van der Waals surface area (Å²) in [5, 5.41) is 3.20. The van der Waals surface area contributed by atoms with E-state index in [1.165, 1.54) is 44.2 Å². The fraction of sp³-hybridized carbons (Fsp3) is 0.379. The first kappa shape index (κ1) is 20.6. The molecule has 3 aromatic carbocycles. The van der Waals surface area contributed by atoms with Crippen LogP contribution in [0.2, 0.25) is 5.02 Å². The van der Waals surface area contributed by atoms with Gasteiger partial charge in [-0.15, -0.1) is 0 Å². The molecule has 0 radical (unpaired) electrons. The third kappa shape index (κ3) is 2.89. The normalized spacial score (nSPS) is 15.5. The largest absolute Gasteiger partial charge is 0.455 e. The Hall–Kier alpha value is -2.25. The Morgan fingerprint density at radius 3 is 2.10 bits per heavy atom. The molecule has 160 valence electrons. The van der Waals surface area contributed by atoms with Crippen molar-refractivity contribution in [3.8, 4) is 11.1 Å². The summed E-state index contributed by atoms with van der Waals surface area (Å²) in [7, 11) is 0. The maximum Gasteiger partial charge on any atom is 0.143 e. The zero-order valence-electron chi connectivity index (χ0n) is 19.8. The fourth-order valence-electron chi connectivity index (χ4n) is 5.12. The van der Waals surface area contributed by atoms with Crippen molar-refractivity contribution < 1.29 is 4.42 Å². The number of benzene rings is 3. The van der Waals surface area contributed by atoms with Gasteiger partial charge in [0.15, 0.2) is 0 Å². The Balaban J connectivity index is 1.95. The first-order chi connectivity index (χ1) is 14.3. The molecule has 2 heteroatoms. The van der Waals surface area contributed by atoms with Crippen LogP contribution in [0.4, 0.5) is 0 Å². The van der Waals surface area contributed by atoms with Crippen LogP contribution in [-0.4, -0.2) is 0 Å². The molecule has 0 atom stereocenters. The first-order valence-corrected chi connectivity index (χ1v) is 11.5. The van der Waals surface area contributed by atoms with Crippen molar-refractivity contribution in [1.82, 2.24) is 0 Å². The molecule has 0 saturated carbocycles. The second kappa shape index (κ2) is 6.17. The standard InChI is InChI=1S/C29H31ClO/c1-27(2,3)16-13-20-18-11-12-21-24(19-10-9-17(30)15-22(19)29(21,7)8)26(18)31-25(20)23(14-16)28(4,5)6/h9-15H,1-8H3. The van der Waals surface area contributed by atoms with Crippen LogP contribution in [-0.2, 0) is 16.2 Å². The topological polar surface area (TPSA) is 13.1 Å². The molecule has 1 aliphatic carbocycles. The summed E-state index contributed by atoms with van der Waals surface area (Å²) in [6.45, 7) is 18.2. The summed E-state index contributed by atoms with van der Waals surface area (Å²) >= 11 is 6.38. The number of rotatable bonds is 0. The Morgan fingerprint density at radius 2 is 1.45 bits per heavy atom. The van der Waals surface area contributed by atoms with Crippen molar-refractivity contribution in [2.45, 2.75) is 71.6 Å². The van der Waals surface area contributed by atoms with Gasteiger partial charge in [-0.1, -0.05) is 91.3 Å². The number of hydrogen-bond acceptors (Lipinski definition) is 1. The average molecular weight is 431 g/mol. The monoisotopic (exact) mass is 430 g/mol. The summed E-state index contributed by atoms with van der Waals surface area (Å²) in [6.07, 6.45) is 0. The molecule has 0 unspecified atom stereocenters. The highest BCUT2D eigenvalue weighted by molar-refractivity contribution is 6.30. The van der Waals surface area contributed by atoms with E-state index >= 15 is 0 Å². The van der Waals surface area contributed by atoms with Gasteiger partial charge >= 0.3 is 0 Å². The van der Waals surface area contributed by atoms with Crippen LogP contribution in [0, 0.1) is 0 Å². The van der Waals surface area contributed by atoms with Crippen molar-refractivity contribution in [2.24, 2.45) is 0 Å². The molecule has 0 fully saturated rings. The molecule has 0 amide bonds. The van der Waals surface area contributed by atoms with Crippen LogP contribution in [0.15, 0.2) is 46.9 Å². The zero-order chi connectivity index (χ0) is 22.5. The minimum Gasteiger partial charge on any atom is -0.455 e. The van der Waals surface area contributed by atoms with Gasteiger partial charge in [0.25, 0.3) is 0 Å². The molecule has 4 aromatic rings. The summed E-state index contributed by atoms with van der Waals surface area (Å²) in [6, 6.07) is 15.5. The van der Waals surface area contributed by atoms with Gasteiger partial charge in [0.1, 0.15) is 11.2 Å². The molecule has 31 heavy (non-hydrogen) atoms. The van der Waals surface area contributed by atoms with Crippen LogP contribution in [0.5, 0.6) is 0 Å². The van der Waals surface area contributed by atoms with Crippen molar-refractivity contribution in [2.75, 3.05) is 0 Å². The van der Waals surface area contributed by atoms with E-state index in [9.17, 15) is 0 Å². The summed E-state index contributed by atoms with van der Waals surface area (Å²) in [5.74, 6) is 0. The smallest absolute Gasteiger partial charge is 0.143 e. The van der Waals surface area contributed by atoms with Crippen molar-refractivity contribution in [1.29, 1.82) is 0 Å². The van der Waals surface area contributed by atoms with Gasteiger partial charge in [0.05, 0.1) is 0 Å². The highest BCUT2D eigenvalue weighted by Crippen LogP contribution is 2.53. The third-order valence-electron chi connectivity index (χ3n) is 7.01. The van der Waals surface area contributed by atoms with Gasteiger partial charge in [-0.25, -0.2) is 0 Å². The van der Waals surface area contributed by atoms with E-state index in [0.717, 1.165) is 16.2 Å². The SMILES string of the molecule is CC(C)(C)c1cc(C(C)(C)C)c2oc3c4c(ccc3c2c1)C(C)(C)c1cc(Cl)ccc1-4. The average Bonchev–Trinajstić information content (AvgIpc) is 3.13. The molecule has 1 heterocycles. The minimum atomic E-state index is -0.105. The minimum absolute atomic E-state index is 0.0126. The van der Waals surface area contributed by atoms with Gasteiger partial charge in [-0.2, -0.15) is 0 Å². The Kier molecular flexibility index (Phi) is 4.11. The van der Waals surface area contributed by atoms with Crippen LogP contribution in [0.1, 0.15) is 77.6 Å². The number of furan rings is 1. The maximum absolute atomic E-state index is 6.77. The Labute approximate surface area is 190 Å². The van der Waals surface area contributed by atoms with Crippen molar-refractivity contribution in [3.63, 3.8) is 0 Å². The molecule has 1 nitrogen and oxygen atoms in total. The maximum atomic E-state index is 6.77. The second-order valence-corrected chi connectivity index (χ2v) is 12.1. The van der Waals surface area contributed by atoms with E-state index in [2.05, 4.69) is 91.8 Å². The van der Waals surface area contributed by atoms with E-state index < -0.39 is 0 Å². The quantitative estimate of drug-likeness (QED) is 0.271. The van der Waals surface area contributed by atoms with Crippen LogP contribution >= 0.6 is 11.6 Å². The lowest BCUT2D eigenvalue weighted by Gasteiger charge is -2.25. The van der Waals surface area contributed by atoms with E-state index in [1.807, 2.05) is 6.07 Å². The van der Waals surface area contributed by atoms with Gasteiger partial charge < -0.3 is 4.42 Å². The summed E-state index contributed by atoms with van der Waals surface area (Å²) in [5.41, 5.74) is 9.63. The Bertz CT molecular complexity index is 1370.